The van der Waals surface area contributed by atoms with Gasteiger partial charge < -0.3 is 14.9 Å². The number of hydrogen-bond donors (Lipinski definition) is 1. The summed E-state index contributed by atoms with van der Waals surface area (Å²) in [4.78, 5) is 29.4. The lowest BCUT2D eigenvalue weighted by Crippen LogP contribution is -2.43. The van der Waals surface area contributed by atoms with Gasteiger partial charge in [-0.3, -0.25) is 9.59 Å². The fraction of sp³-hybridized carbons (Fsp3) is 0.684. The summed E-state index contributed by atoms with van der Waals surface area (Å²) in [6, 6.07) is 3.76. The van der Waals surface area contributed by atoms with Gasteiger partial charge in [-0.2, -0.15) is 0 Å². The highest BCUT2D eigenvalue weighted by molar-refractivity contribution is 7.12. The molecule has 1 N–H and O–H groups in total. The Labute approximate surface area is 153 Å². The number of rotatable bonds is 4. The van der Waals surface area contributed by atoms with Crippen molar-refractivity contribution in [1.82, 2.24) is 9.80 Å². The highest BCUT2D eigenvalue weighted by atomic mass is 32.1. The normalized spacial score (nSPS) is 25.0. The molecule has 138 valence electrons. The van der Waals surface area contributed by atoms with Crippen LogP contribution in [0, 0.1) is 23.7 Å². The molecule has 3 heterocycles. The van der Waals surface area contributed by atoms with E-state index in [-0.39, 0.29) is 30.3 Å². The third-order valence-electron chi connectivity index (χ3n) is 5.70. The number of carbonyl (C=O) groups is 2. The zero-order valence-electron chi connectivity index (χ0n) is 15.1. The lowest BCUT2D eigenvalue weighted by molar-refractivity contribution is -0.136. The molecule has 1 aromatic rings. The Morgan fingerprint density at radius 2 is 1.96 bits per heavy atom. The van der Waals surface area contributed by atoms with Gasteiger partial charge in [0, 0.05) is 44.6 Å². The molecule has 0 spiro atoms. The number of aliphatic hydroxyl groups is 1. The van der Waals surface area contributed by atoms with Gasteiger partial charge in [0.1, 0.15) is 0 Å². The minimum absolute atomic E-state index is 0.0483. The van der Waals surface area contributed by atoms with E-state index in [2.05, 4.69) is 0 Å². The molecule has 2 saturated heterocycles. The smallest absolute Gasteiger partial charge is 0.263 e. The largest absolute Gasteiger partial charge is 0.396 e. The van der Waals surface area contributed by atoms with Crippen molar-refractivity contribution in [3.8, 4) is 0 Å². The Morgan fingerprint density at radius 3 is 2.52 bits per heavy atom. The van der Waals surface area contributed by atoms with Crippen LogP contribution in [0.3, 0.4) is 0 Å². The summed E-state index contributed by atoms with van der Waals surface area (Å²) in [5.41, 5.74) is 0. The van der Waals surface area contributed by atoms with Crippen molar-refractivity contribution in [3.05, 3.63) is 22.4 Å². The van der Waals surface area contributed by atoms with E-state index in [1.54, 1.807) is 0 Å². The zero-order chi connectivity index (χ0) is 18.0. The van der Waals surface area contributed by atoms with Crippen LogP contribution in [0.15, 0.2) is 17.5 Å². The molecule has 2 aliphatic heterocycles. The number of carbonyl (C=O) groups excluding carboxylic acids is 2. The Balaban J connectivity index is 1.60. The van der Waals surface area contributed by atoms with Gasteiger partial charge >= 0.3 is 0 Å². The van der Waals surface area contributed by atoms with Crippen molar-refractivity contribution in [2.75, 3.05) is 32.8 Å². The molecule has 0 aromatic carbocycles. The summed E-state index contributed by atoms with van der Waals surface area (Å²) in [5, 5.41) is 11.7. The van der Waals surface area contributed by atoms with Crippen LogP contribution in [0.1, 0.15) is 36.4 Å². The maximum atomic E-state index is 12.6. The van der Waals surface area contributed by atoms with E-state index in [0.717, 1.165) is 37.4 Å². The van der Waals surface area contributed by atoms with Crippen LogP contribution < -0.4 is 0 Å². The van der Waals surface area contributed by atoms with Gasteiger partial charge in [-0.05, 0) is 36.1 Å². The number of amides is 2. The van der Waals surface area contributed by atoms with E-state index >= 15 is 0 Å². The first-order valence-electron chi connectivity index (χ1n) is 9.23. The maximum absolute atomic E-state index is 12.6. The van der Waals surface area contributed by atoms with Crippen LogP contribution in [0.25, 0.3) is 0 Å². The second-order valence-electron chi connectivity index (χ2n) is 7.61. The topological polar surface area (TPSA) is 60.9 Å². The number of hydrogen-bond acceptors (Lipinski definition) is 4. The minimum Gasteiger partial charge on any atom is -0.396 e. The Morgan fingerprint density at radius 1 is 1.24 bits per heavy atom. The average molecular weight is 365 g/mol. The minimum atomic E-state index is 0.0483. The van der Waals surface area contributed by atoms with E-state index in [9.17, 15) is 14.7 Å². The van der Waals surface area contributed by atoms with Crippen LogP contribution in [0.4, 0.5) is 0 Å². The highest BCUT2D eigenvalue weighted by Crippen LogP contribution is 2.36. The molecule has 6 heteroatoms. The van der Waals surface area contributed by atoms with Crippen molar-refractivity contribution >= 4 is 23.2 Å². The molecular formula is C19H28N2O3S. The molecule has 25 heavy (non-hydrogen) atoms. The Kier molecular flexibility index (Phi) is 5.79. The van der Waals surface area contributed by atoms with Gasteiger partial charge in [0.15, 0.2) is 0 Å². The molecule has 0 unspecified atom stereocenters. The van der Waals surface area contributed by atoms with Crippen LogP contribution in [0.5, 0.6) is 0 Å². The molecule has 3 rings (SSSR count). The Bertz CT molecular complexity index is 594. The van der Waals surface area contributed by atoms with E-state index in [4.69, 9.17) is 0 Å². The lowest BCUT2D eigenvalue weighted by Gasteiger charge is -2.37. The molecule has 2 fully saturated rings. The summed E-state index contributed by atoms with van der Waals surface area (Å²) in [6.07, 6.45) is 1.95. The van der Waals surface area contributed by atoms with Crippen LogP contribution in [0.2, 0.25) is 0 Å². The molecule has 2 atom stereocenters. The molecule has 2 amide bonds. The second kappa shape index (κ2) is 7.87. The van der Waals surface area contributed by atoms with Crippen LogP contribution >= 0.6 is 11.3 Å². The molecule has 1 aromatic heterocycles. The zero-order valence-corrected chi connectivity index (χ0v) is 15.9. The first-order chi connectivity index (χ1) is 12.0. The van der Waals surface area contributed by atoms with E-state index in [1.165, 1.54) is 11.3 Å². The Hall–Kier alpha value is -1.40. The first-order valence-corrected chi connectivity index (χ1v) is 10.1. The summed E-state index contributed by atoms with van der Waals surface area (Å²) in [5.74, 6) is 1.34. The maximum Gasteiger partial charge on any atom is 0.263 e. The van der Waals surface area contributed by atoms with Crippen LogP contribution in [-0.4, -0.2) is 59.5 Å². The molecular weight excluding hydrogens is 336 g/mol. The summed E-state index contributed by atoms with van der Waals surface area (Å²) < 4.78 is 0. The van der Waals surface area contributed by atoms with Gasteiger partial charge in [-0.1, -0.05) is 19.9 Å². The molecule has 2 aliphatic rings. The van der Waals surface area contributed by atoms with Crippen molar-refractivity contribution in [1.29, 1.82) is 0 Å². The number of aliphatic hydroxyl groups excluding tert-OH is 1. The summed E-state index contributed by atoms with van der Waals surface area (Å²) in [6.45, 7) is 6.99. The number of likely N-dealkylation sites (tertiary alicyclic amines) is 2. The van der Waals surface area contributed by atoms with E-state index in [1.807, 2.05) is 41.2 Å². The molecule has 0 saturated carbocycles. The predicted octanol–water partition coefficient (Wildman–Crippen LogP) is 2.32. The second-order valence-corrected chi connectivity index (χ2v) is 8.56. The standard InChI is InChI=1S/C19H28N2O3S/c1-13(2)18(23)20-7-5-14(6-8-20)16-11-21(10-15(16)12-22)19(24)17-4-3-9-25-17/h3-4,9,13-16,22H,5-8,10-12H2,1-2H3/t15-,16-/m0/s1. The quantitative estimate of drug-likeness (QED) is 0.892. The molecule has 0 aliphatic carbocycles. The van der Waals surface area contributed by atoms with E-state index in [0.29, 0.717) is 18.4 Å². The number of piperidine rings is 1. The van der Waals surface area contributed by atoms with Crippen molar-refractivity contribution in [3.63, 3.8) is 0 Å². The number of thiophene rings is 1. The van der Waals surface area contributed by atoms with Gasteiger partial charge in [-0.25, -0.2) is 0 Å². The summed E-state index contributed by atoms with van der Waals surface area (Å²) in [7, 11) is 0. The summed E-state index contributed by atoms with van der Waals surface area (Å²) >= 11 is 1.47. The monoisotopic (exact) mass is 364 g/mol. The molecule has 0 bridgehead atoms. The molecule has 5 nitrogen and oxygen atoms in total. The predicted molar refractivity (Wildman–Crippen MR) is 98.4 cm³/mol. The van der Waals surface area contributed by atoms with Gasteiger partial charge in [0.25, 0.3) is 5.91 Å². The fourth-order valence-corrected chi connectivity index (χ4v) is 4.95. The van der Waals surface area contributed by atoms with Gasteiger partial charge in [-0.15, -0.1) is 11.3 Å². The third kappa shape index (κ3) is 3.90. The average Bonchev–Trinajstić information content (AvgIpc) is 3.30. The third-order valence-corrected chi connectivity index (χ3v) is 6.55. The fourth-order valence-electron chi connectivity index (χ4n) is 4.26. The SMILES string of the molecule is CC(C)C(=O)N1CCC([C@@H]2CN(C(=O)c3cccs3)C[C@H]2CO)CC1. The first kappa shape index (κ1) is 18.4. The van der Waals surface area contributed by atoms with Crippen molar-refractivity contribution < 1.29 is 14.7 Å². The van der Waals surface area contributed by atoms with E-state index < -0.39 is 0 Å². The number of nitrogens with zero attached hydrogens (tertiary/aromatic N) is 2. The van der Waals surface area contributed by atoms with Gasteiger partial charge in [0.2, 0.25) is 5.91 Å². The highest BCUT2D eigenvalue weighted by Gasteiger charge is 2.41. The lowest BCUT2D eigenvalue weighted by atomic mass is 9.78. The van der Waals surface area contributed by atoms with Crippen molar-refractivity contribution in [2.45, 2.75) is 26.7 Å². The van der Waals surface area contributed by atoms with Crippen LogP contribution in [-0.2, 0) is 4.79 Å². The van der Waals surface area contributed by atoms with Crippen molar-refractivity contribution in [2.24, 2.45) is 23.7 Å². The molecule has 0 radical (unpaired) electrons. The van der Waals surface area contributed by atoms with Gasteiger partial charge in [0.05, 0.1) is 4.88 Å².